The molecular weight excluding hydrogens is 250 g/mol. The molecular formula is C13H19NO3S. The van der Waals surface area contributed by atoms with Crippen molar-refractivity contribution in [3.63, 3.8) is 0 Å². The molecule has 0 amide bonds. The second-order valence-corrected chi connectivity index (χ2v) is 5.40. The first-order valence-electron chi connectivity index (χ1n) is 6.30. The van der Waals surface area contributed by atoms with Crippen LogP contribution < -0.4 is 0 Å². The number of carbonyl (C=O) groups excluding carboxylic acids is 1. The van der Waals surface area contributed by atoms with Crippen molar-refractivity contribution in [3.05, 3.63) is 22.4 Å². The zero-order valence-electron chi connectivity index (χ0n) is 10.4. The first-order chi connectivity index (χ1) is 8.81. The number of aliphatic hydroxyl groups is 1. The van der Waals surface area contributed by atoms with Gasteiger partial charge in [0.15, 0.2) is 5.78 Å². The SMILES string of the molecule is O=C(CCCN1CCOCC1CO)c1cccs1. The molecule has 1 fully saturated rings. The van der Waals surface area contributed by atoms with Crippen LogP contribution in [0.4, 0.5) is 0 Å². The van der Waals surface area contributed by atoms with Crippen LogP contribution in [0.15, 0.2) is 17.5 Å². The number of hydrogen-bond acceptors (Lipinski definition) is 5. The van der Waals surface area contributed by atoms with Crippen molar-refractivity contribution in [2.24, 2.45) is 0 Å². The number of aliphatic hydroxyl groups excluding tert-OH is 1. The summed E-state index contributed by atoms with van der Waals surface area (Å²) in [6.07, 6.45) is 1.42. The number of ether oxygens (including phenoxy) is 1. The van der Waals surface area contributed by atoms with E-state index in [1.807, 2.05) is 17.5 Å². The summed E-state index contributed by atoms with van der Waals surface area (Å²) in [4.78, 5) is 14.9. The second-order valence-electron chi connectivity index (χ2n) is 4.45. The number of morpholine rings is 1. The Morgan fingerprint density at radius 2 is 2.50 bits per heavy atom. The minimum atomic E-state index is 0.0931. The molecule has 0 saturated carbocycles. The molecule has 1 aliphatic rings. The minimum Gasteiger partial charge on any atom is -0.395 e. The number of carbonyl (C=O) groups is 1. The van der Waals surface area contributed by atoms with Crippen LogP contribution in [-0.4, -0.2) is 54.7 Å². The summed E-state index contributed by atoms with van der Waals surface area (Å²) in [5.74, 6) is 0.221. The summed E-state index contributed by atoms with van der Waals surface area (Å²) in [5.41, 5.74) is 0. The Morgan fingerprint density at radius 1 is 1.61 bits per heavy atom. The fourth-order valence-corrected chi connectivity index (χ4v) is 2.85. The molecule has 100 valence electrons. The molecule has 0 aliphatic carbocycles. The Kier molecular flexibility index (Phi) is 5.31. The highest BCUT2D eigenvalue weighted by Gasteiger charge is 2.21. The monoisotopic (exact) mass is 269 g/mol. The topological polar surface area (TPSA) is 49.8 Å². The first kappa shape index (κ1) is 13.7. The molecule has 5 heteroatoms. The number of hydrogen-bond donors (Lipinski definition) is 1. The zero-order valence-corrected chi connectivity index (χ0v) is 11.2. The van der Waals surface area contributed by atoms with E-state index in [1.54, 1.807) is 0 Å². The van der Waals surface area contributed by atoms with Crippen molar-refractivity contribution < 1.29 is 14.6 Å². The van der Waals surface area contributed by atoms with Gasteiger partial charge >= 0.3 is 0 Å². The average Bonchev–Trinajstić information content (AvgIpc) is 2.93. The van der Waals surface area contributed by atoms with Gasteiger partial charge in [-0.3, -0.25) is 9.69 Å². The van der Waals surface area contributed by atoms with Gasteiger partial charge in [-0.15, -0.1) is 11.3 Å². The highest BCUT2D eigenvalue weighted by atomic mass is 32.1. The third-order valence-electron chi connectivity index (χ3n) is 3.21. The fourth-order valence-electron chi connectivity index (χ4n) is 2.15. The number of ketones is 1. The second kappa shape index (κ2) is 6.99. The van der Waals surface area contributed by atoms with E-state index in [2.05, 4.69) is 4.90 Å². The van der Waals surface area contributed by atoms with Crippen molar-refractivity contribution in [3.8, 4) is 0 Å². The largest absolute Gasteiger partial charge is 0.395 e. The van der Waals surface area contributed by atoms with Crippen LogP contribution in [0, 0.1) is 0 Å². The molecule has 1 N–H and O–H groups in total. The van der Waals surface area contributed by atoms with Gasteiger partial charge in [0, 0.05) is 13.0 Å². The summed E-state index contributed by atoms with van der Waals surface area (Å²) in [6, 6.07) is 3.87. The van der Waals surface area contributed by atoms with Gasteiger partial charge in [-0.1, -0.05) is 6.07 Å². The molecule has 1 atom stereocenters. The van der Waals surface area contributed by atoms with E-state index >= 15 is 0 Å². The number of rotatable bonds is 6. The quantitative estimate of drug-likeness (QED) is 0.793. The van der Waals surface area contributed by atoms with Crippen LogP contribution in [0.25, 0.3) is 0 Å². The number of Topliss-reactive ketones (excluding diaryl/α,β-unsaturated/α-hetero) is 1. The average molecular weight is 269 g/mol. The van der Waals surface area contributed by atoms with Gasteiger partial charge in [0.2, 0.25) is 0 Å². The van der Waals surface area contributed by atoms with Crippen LogP contribution in [0.3, 0.4) is 0 Å². The zero-order chi connectivity index (χ0) is 12.8. The van der Waals surface area contributed by atoms with Crippen LogP contribution in [0.1, 0.15) is 22.5 Å². The summed E-state index contributed by atoms with van der Waals surface area (Å²) < 4.78 is 5.32. The molecule has 1 aromatic rings. The molecule has 1 unspecified atom stereocenters. The van der Waals surface area contributed by atoms with Crippen LogP contribution in [0.2, 0.25) is 0 Å². The van der Waals surface area contributed by atoms with Crippen molar-refractivity contribution in [1.29, 1.82) is 0 Å². The Labute approximate surface area is 111 Å². The van der Waals surface area contributed by atoms with Crippen molar-refractivity contribution in [1.82, 2.24) is 4.90 Å². The third-order valence-corrected chi connectivity index (χ3v) is 4.12. The van der Waals surface area contributed by atoms with Crippen LogP contribution in [-0.2, 0) is 4.74 Å². The van der Waals surface area contributed by atoms with E-state index in [4.69, 9.17) is 4.74 Å². The fraction of sp³-hybridized carbons (Fsp3) is 0.615. The van der Waals surface area contributed by atoms with Crippen LogP contribution in [0.5, 0.6) is 0 Å². The summed E-state index contributed by atoms with van der Waals surface area (Å²) >= 11 is 1.50. The van der Waals surface area contributed by atoms with Gasteiger partial charge in [-0.25, -0.2) is 0 Å². The van der Waals surface area contributed by atoms with E-state index < -0.39 is 0 Å². The lowest BCUT2D eigenvalue weighted by atomic mass is 10.1. The smallest absolute Gasteiger partial charge is 0.172 e. The minimum absolute atomic E-state index is 0.0931. The van der Waals surface area contributed by atoms with Gasteiger partial charge in [0.25, 0.3) is 0 Å². The Morgan fingerprint density at radius 3 is 3.22 bits per heavy atom. The summed E-state index contributed by atoms with van der Waals surface area (Å²) in [5, 5.41) is 11.2. The molecule has 0 bridgehead atoms. The number of nitrogens with zero attached hydrogens (tertiary/aromatic N) is 1. The molecule has 1 saturated heterocycles. The van der Waals surface area contributed by atoms with E-state index in [0.717, 1.165) is 31.0 Å². The van der Waals surface area contributed by atoms with Gasteiger partial charge in [0.1, 0.15) is 0 Å². The lowest BCUT2D eigenvalue weighted by Crippen LogP contribution is -2.47. The Bertz CT molecular complexity index is 366. The van der Waals surface area contributed by atoms with E-state index in [-0.39, 0.29) is 18.4 Å². The lowest BCUT2D eigenvalue weighted by Gasteiger charge is -2.34. The molecule has 1 aromatic heterocycles. The highest BCUT2D eigenvalue weighted by molar-refractivity contribution is 7.12. The maximum atomic E-state index is 11.8. The van der Waals surface area contributed by atoms with E-state index in [0.29, 0.717) is 13.0 Å². The first-order valence-corrected chi connectivity index (χ1v) is 7.18. The molecule has 1 aliphatic heterocycles. The molecule has 0 aromatic carbocycles. The van der Waals surface area contributed by atoms with Crippen molar-refractivity contribution >= 4 is 17.1 Å². The van der Waals surface area contributed by atoms with Gasteiger partial charge in [-0.05, 0) is 24.4 Å². The molecule has 4 nitrogen and oxygen atoms in total. The maximum Gasteiger partial charge on any atom is 0.172 e. The van der Waals surface area contributed by atoms with E-state index in [1.165, 1.54) is 11.3 Å². The highest BCUT2D eigenvalue weighted by Crippen LogP contribution is 2.13. The van der Waals surface area contributed by atoms with Gasteiger partial charge in [0.05, 0.1) is 30.7 Å². The third kappa shape index (κ3) is 3.62. The van der Waals surface area contributed by atoms with E-state index in [9.17, 15) is 9.90 Å². The molecule has 2 rings (SSSR count). The van der Waals surface area contributed by atoms with Crippen LogP contribution >= 0.6 is 11.3 Å². The van der Waals surface area contributed by atoms with Gasteiger partial charge in [-0.2, -0.15) is 0 Å². The summed E-state index contributed by atoms with van der Waals surface area (Å²) in [7, 11) is 0. The maximum absolute atomic E-state index is 11.8. The molecule has 18 heavy (non-hydrogen) atoms. The normalized spacial score (nSPS) is 21.1. The lowest BCUT2D eigenvalue weighted by molar-refractivity contribution is -0.0276. The Balaban J connectivity index is 1.72. The molecule has 0 spiro atoms. The summed E-state index contributed by atoms with van der Waals surface area (Å²) in [6.45, 7) is 3.13. The molecule has 0 radical (unpaired) electrons. The van der Waals surface area contributed by atoms with Crippen molar-refractivity contribution in [2.45, 2.75) is 18.9 Å². The predicted molar refractivity (Wildman–Crippen MR) is 71.1 cm³/mol. The standard InChI is InChI=1S/C13H19NO3S/c15-9-11-10-17-7-6-14(11)5-1-3-12(16)13-4-2-8-18-13/h2,4,8,11,15H,1,3,5-7,9-10H2. The Hall–Kier alpha value is -0.750. The predicted octanol–water partition coefficient (Wildman–Crippen LogP) is 1.40. The molecule has 2 heterocycles. The van der Waals surface area contributed by atoms with Gasteiger partial charge < -0.3 is 9.84 Å². The van der Waals surface area contributed by atoms with Crippen molar-refractivity contribution in [2.75, 3.05) is 32.9 Å². The number of thiophene rings is 1.